The highest BCUT2D eigenvalue weighted by Crippen LogP contribution is 2.37. The zero-order valence-electron chi connectivity index (χ0n) is 15.7. The summed E-state index contributed by atoms with van der Waals surface area (Å²) in [6.45, 7) is 2.57. The van der Waals surface area contributed by atoms with Gasteiger partial charge in [0.15, 0.2) is 5.82 Å². The van der Waals surface area contributed by atoms with Crippen molar-refractivity contribution in [2.75, 3.05) is 11.4 Å². The number of nitrogens with zero attached hydrogens (tertiary/aromatic N) is 4. The maximum atomic E-state index is 13.2. The van der Waals surface area contributed by atoms with Crippen molar-refractivity contribution >= 4 is 49.4 Å². The summed E-state index contributed by atoms with van der Waals surface area (Å²) >= 11 is 4.59. The lowest BCUT2D eigenvalue weighted by Crippen LogP contribution is -2.32. The summed E-state index contributed by atoms with van der Waals surface area (Å²) < 4.78 is 15.5. The van der Waals surface area contributed by atoms with E-state index >= 15 is 0 Å². The topological polar surface area (TPSA) is 67.6 Å². The molecule has 9 heteroatoms. The van der Waals surface area contributed by atoms with Crippen molar-refractivity contribution in [2.45, 2.75) is 13.3 Å². The fraction of sp³-hybridized carbons (Fsp3) is 0.143. The SMILES string of the molecule is CCCN1C(=O)C(=c2sc3nc(-c4ccc(F)cc4)nn3c2=O)c2cc(Br)ccc21. The average molecular weight is 485 g/mol. The summed E-state index contributed by atoms with van der Waals surface area (Å²) in [6.07, 6.45) is 0.801. The van der Waals surface area contributed by atoms with E-state index in [1.807, 2.05) is 25.1 Å². The predicted molar refractivity (Wildman–Crippen MR) is 117 cm³/mol. The summed E-state index contributed by atoms with van der Waals surface area (Å²) in [5, 5.41) is 4.29. The number of rotatable bonds is 3. The van der Waals surface area contributed by atoms with E-state index in [1.54, 1.807) is 17.0 Å². The first-order valence-corrected chi connectivity index (χ1v) is 10.9. The molecule has 0 spiro atoms. The van der Waals surface area contributed by atoms with Gasteiger partial charge in [0.2, 0.25) is 4.96 Å². The third-order valence-electron chi connectivity index (χ3n) is 4.91. The van der Waals surface area contributed by atoms with Crippen molar-refractivity contribution in [3.8, 4) is 11.4 Å². The molecule has 1 aliphatic rings. The van der Waals surface area contributed by atoms with Crippen molar-refractivity contribution in [3.05, 3.63) is 73.2 Å². The van der Waals surface area contributed by atoms with Gasteiger partial charge < -0.3 is 4.90 Å². The molecule has 0 atom stereocenters. The van der Waals surface area contributed by atoms with Crippen LogP contribution in [0.25, 0.3) is 21.9 Å². The van der Waals surface area contributed by atoms with E-state index in [0.29, 0.717) is 33.0 Å². The number of hydrogen-bond donors (Lipinski definition) is 0. The van der Waals surface area contributed by atoms with Crippen molar-refractivity contribution in [1.29, 1.82) is 0 Å². The smallest absolute Gasteiger partial charge is 0.291 e. The van der Waals surface area contributed by atoms with E-state index in [-0.39, 0.29) is 17.3 Å². The highest BCUT2D eigenvalue weighted by Gasteiger charge is 2.34. The second-order valence-electron chi connectivity index (χ2n) is 6.87. The Balaban J connectivity index is 1.72. The molecule has 0 unspecified atom stereocenters. The molecule has 5 rings (SSSR count). The zero-order valence-corrected chi connectivity index (χ0v) is 18.1. The maximum Gasteiger partial charge on any atom is 0.291 e. The normalized spacial score (nSPS) is 15.3. The van der Waals surface area contributed by atoms with E-state index in [0.717, 1.165) is 33.5 Å². The predicted octanol–water partition coefficient (Wildman–Crippen LogP) is 3.39. The quantitative estimate of drug-likeness (QED) is 0.446. The molecule has 0 bridgehead atoms. The summed E-state index contributed by atoms with van der Waals surface area (Å²) in [7, 11) is 0. The van der Waals surface area contributed by atoms with Crippen LogP contribution in [0.3, 0.4) is 0 Å². The van der Waals surface area contributed by atoms with Crippen LogP contribution in [0.1, 0.15) is 18.9 Å². The van der Waals surface area contributed by atoms with E-state index in [2.05, 4.69) is 26.0 Å². The van der Waals surface area contributed by atoms with Gasteiger partial charge in [-0.2, -0.15) is 9.50 Å². The minimum absolute atomic E-state index is 0.190. The largest absolute Gasteiger partial charge is 0.308 e. The molecule has 0 radical (unpaired) electrons. The molecule has 0 saturated carbocycles. The van der Waals surface area contributed by atoms with Gasteiger partial charge in [-0.05, 0) is 48.9 Å². The summed E-state index contributed by atoms with van der Waals surface area (Å²) in [5.74, 6) is -0.210. The number of carbonyl (C=O) groups is 1. The molecular formula is C21H14BrFN4O2S. The number of anilines is 1. The highest BCUT2D eigenvalue weighted by atomic mass is 79.9. The lowest BCUT2D eigenvalue weighted by molar-refractivity contribution is -0.113. The lowest BCUT2D eigenvalue weighted by Gasteiger charge is -2.15. The molecule has 4 aromatic rings. The number of amides is 1. The van der Waals surface area contributed by atoms with Gasteiger partial charge in [-0.25, -0.2) is 4.39 Å². The fourth-order valence-electron chi connectivity index (χ4n) is 3.57. The van der Waals surface area contributed by atoms with E-state index < -0.39 is 0 Å². The monoisotopic (exact) mass is 484 g/mol. The van der Waals surface area contributed by atoms with E-state index in [1.165, 1.54) is 16.6 Å². The Kier molecular flexibility index (Phi) is 4.52. The number of benzene rings is 2. The van der Waals surface area contributed by atoms with Crippen LogP contribution >= 0.6 is 27.3 Å². The molecule has 30 heavy (non-hydrogen) atoms. The van der Waals surface area contributed by atoms with Crippen LogP contribution in [0.15, 0.2) is 51.7 Å². The standard InChI is InChI=1S/C21H14BrFN4O2S/c1-2-9-26-15-8-5-12(22)10-14(15)16(19(26)28)17-20(29)27-21(30-17)24-18(25-27)11-3-6-13(23)7-4-11/h3-8,10H,2,9H2,1H3. The molecule has 150 valence electrons. The van der Waals surface area contributed by atoms with Crippen LogP contribution in [0, 0.1) is 5.82 Å². The molecular weight excluding hydrogens is 471 g/mol. The molecule has 2 aromatic carbocycles. The Morgan fingerprint density at radius 3 is 2.60 bits per heavy atom. The third-order valence-corrected chi connectivity index (χ3v) is 6.43. The Labute approximate surface area is 182 Å². The molecule has 0 aliphatic carbocycles. The van der Waals surface area contributed by atoms with Crippen LogP contribution in [0.5, 0.6) is 0 Å². The van der Waals surface area contributed by atoms with Gasteiger partial charge in [-0.3, -0.25) is 9.59 Å². The van der Waals surface area contributed by atoms with Crippen LogP contribution in [-0.4, -0.2) is 27.0 Å². The highest BCUT2D eigenvalue weighted by molar-refractivity contribution is 9.10. The number of aromatic nitrogens is 3. The number of hydrogen-bond acceptors (Lipinski definition) is 5. The molecule has 2 aromatic heterocycles. The van der Waals surface area contributed by atoms with Gasteiger partial charge in [-0.15, -0.1) is 5.10 Å². The van der Waals surface area contributed by atoms with E-state index in [4.69, 9.17) is 0 Å². The molecule has 6 nitrogen and oxygen atoms in total. The van der Waals surface area contributed by atoms with Crippen molar-refractivity contribution < 1.29 is 9.18 Å². The van der Waals surface area contributed by atoms with Crippen LogP contribution in [-0.2, 0) is 4.79 Å². The first kappa shape index (κ1) is 19.1. The lowest BCUT2D eigenvalue weighted by atomic mass is 10.1. The van der Waals surface area contributed by atoms with Gasteiger partial charge in [0.1, 0.15) is 10.3 Å². The Bertz CT molecular complexity index is 1430. The van der Waals surface area contributed by atoms with Crippen molar-refractivity contribution in [2.24, 2.45) is 0 Å². The Morgan fingerprint density at radius 1 is 1.13 bits per heavy atom. The Morgan fingerprint density at radius 2 is 1.90 bits per heavy atom. The summed E-state index contributed by atoms with van der Waals surface area (Å²) in [5.41, 5.74) is 2.13. The van der Waals surface area contributed by atoms with Gasteiger partial charge in [0.25, 0.3) is 11.5 Å². The number of fused-ring (bicyclic) bond motifs is 2. The summed E-state index contributed by atoms with van der Waals surface area (Å²) in [4.78, 5) is 32.8. The van der Waals surface area contributed by atoms with Gasteiger partial charge in [0.05, 0.1) is 11.3 Å². The minimum Gasteiger partial charge on any atom is -0.308 e. The van der Waals surface area contributed by atoms with Crippen LogP contribution < -0.4 is 15.0 Å². The minimum atomic E-state index is -0.386. The number of carbonyl (C=O) groups excluding carboxylic acids is 1. The molecule has 0 fully saturated rings. The average Bonchev–Trinajstić information content (AvgIpc) is 3.35. The third kappa shape index (κ3) is 2.88. The maximum absolute atomic E-state index is 13.2. The van der Waals surface area contributed by atoms with Gasteiger partial charge >= 0.3 is 0 Å². The van der Waals surface area contributed by atoms with Crippen LogP contribution in [0.2, 0.25) is 0 Å². The number of thiazole rings is 1. The van der Waals surface area contributed by atoms with Crippen molar-refractivity contribution in [3.63, 3.8) is 0 Å². The Hall–Kier alpha value is -2.91. The van der Waals surface area contributed by atoms with Crippen LogP contribution in [0.4, 0.5) is 10.1 Å². The second kappa shape index (κ2) is 7.10. The fourth-order valence-corrected chi connectivity index (χ4v) is 4.93. The second-order valence-corrected chi connectivity index (χ2v) is 8.76. The molecule has 3 heterocycles. The molecule has 0 saturated heterocycles. The molecule has 1 aliphatic heterocycles. The molecule has 1 amide bonds. The van der Waals surface area contributed by atoms with Gasteiger partial charge in [0, 0.05) is 22.1 Å². The molecule has 0 N–H and O–H groups in total. The summed E-state index contributed by atoms with van der Waals surface area (Å²) in [6, 6.07) is 11.4. The van der Waals surface area contributed by atoms with Crippen molar-refractivity contribution in [1.82, 2.24) is 14.6 Å². The first-order valence-electron chi connectivity index (χ1n) is 9.29. The van der Waals surface area contributed by atoms with Gasteiger partial charge in [-0.1, -0.05) is 34.2 Å². The van der Waals surface area contributed by atoms with E-state index in [9.17, 15) is 14.0 Å². The zero-order chi connectivity index (χ0) is 21.0. The number of halogens is 2. The first-order chi connectivity index (χ1) is 14.5.